The van der Waals surface area contributed by atoms with E-state index in [1.807, 2.05) is 5.57 Å². The van der Waals surface area contributed by atoms with Crippen LogP contribution >= 0.6 is 0 Å². The second-order valence-corrected chi connectivity index (χ2v) is 27.7. The van der Waals surface area contributed by atoms with Crippen molar-refractivity contribution in [3.05, 3.63) is 11.6 Å². The summed E-state index contributed by atoms with van der Waals surface area (Å²) >= 11 is 0. The van der Waals surface area contributed by atoms with Gasteiger partial charge in [-0.1, -0.05) is 146 Å². The fourth-order valence-corrected chi connectivity index (χ4v) is 23.5. The smallest absolute Gasteiger partial charge is 0.0200 e. The minimum Gasteiger partial charge on any atom is -0.0817 e. The number of allylic oxidation sites excluding steroid dienone is 2. The molecule has 0 saturated heterocycles. The molecule has 0 heterocycles. The van der Waals surface area contributed by atoms with Gasteiger partial charge in [0.2, 0.25) is 0 Å². The van der Waals surface area contributed by atoms with E-state index >= 15 is 0 Å². The van der Waals surface area contributed by atoms with Crippen LogP contribution in [0.1, 0.15) is 263 Å². The molecule has 0 aromatic carbocycles. The fraction of sp³-hybridized carbons (Fsp3) is 0.969. The van der Waals surface area contributed by atoms with E-state index in [0.717, 1.165) is 124 Å². The summed E-state index contributed by atoms with van der Waals surface area (Å²) in [5.74, 6) is 22.9. The van der Waals surface area contributed by atoms with Gasteiger partial charge in [0.05, 0.1) is 0 Å². The first-order chi connectivity index (χ1) is 31.8. The molecule has 0 aliphatic heterocycles. The predicted molar refractivity (Wildman–Crippen MR) is 271 cm³/mol. The van der Waals surface area contributed by atoms with Crippen LogP contribution in [-0.4, -0.2) is 0 Å². The number of fused-ring (bicyclic) bond motifs is 5. The number of rotatable bonds is 7. The van der Waals surface area contributed by atoms with Gasteiger partial charge in [0.1, 0.15) is 0 Å². The molecule has 12 fully saturated rings. The fourth-order valence-electron chi connectivity index (χ4n) is 23.5. The van der Waals surface area contributed by atoms with Gasteiger partial charge in [0.25, 0.3) is 0 Å². The topological polar surface area (TPSA) is 0 Å². The summed E-state index contributed by atoms with van der Waals surface area (Å²) < 4.78 is 0. The zero-order valence-corrected chi connectivity index (χ0v) is 42.2. The van der Waals surface area contributed by atoms with Crippen LogP contribution in [0, 0.1) is 124 Å². The summed E-state index contributed by atoms with van der Waals surface area (Å²) in [6.45, 7) is 0. The van der Waals surface area contributed by atoms with Crippen molar-refractivity contribution in [1.82, 2.24) is 0 Å². The predicted octanol–water partition coefficient (Wildman–Crippen LogP) is 19.0. The Labute approximate surface area is 397 Å². The van der Waals surface area contributed by atoms with E-state index in [0.29, 0.717) is 0 Å². The maximum Gasteiger partial charge on any atom is -0.0200 e. The maximum absolute atomic E-state index is 3.04. The second-order valence-electron chi connectivity index (χ2n) is 27.7. The van der Waals surface area contributed by atoms with Crippen LogP contribution in [0.4, 0.5) is 0 Å². The van der Waals surface area contributed by atoms with E-state index in [-0.39, 0.29) is 0 Å². The lowest BCUT2D eigenvalue weighted by Crippen LogP contribution is -2.60. The molecule has 12 aliphatic rings. The standard InChI is InChI=1S/C64H104/c1-4-20-44(21-5-1)48-40-41-59(50-27-11-10-26-49(48)50)62-53-30-14-18-34-57(53)64(58-35-19-15-31-54(58)62)63-55-32-16-12-28-51(55)61(52-29-13-17-33-56(52)63)47-38-36-43(37-39-47)42-60(45-22-6-2-7-23-45)46-24-8-3-9-25-46/h42-59,61-64H,1-41H2. The Morgan fingerprint density at radius 1 is 0.203 bits per heavy atom. The summed E-state index contributed by atoms with van der Waals surface area (Å²) in [5, 5.41) is 0. The van der Waals surface area contributed by atoms with E-state index < -0.39 is 0 Å². The highest BCUT2D eigenvalue weighted by molar-refractivity contribution is 5.16. The molecule has 360 valence electrons. The molecular weight excluding hydrogens is 769 g/mol. The zero-order valence-electron chi connectivity index (χ0n) is 42.2. The normalized spacial score (nSPS) is 48.7. The molecule has 0 radical (unpaired) electrons. The third-order valence-electron chi connectivity index (χ3n) is 25.4. The van der Waals surface area contributed by atoms with E-state index in [9.17, 15) is 0 Å². The van der Waals surface area contributed by atoms with Gasteiger partial charge in [-0.15, -0.1) is 0 Å². The SMILES string of the molecule is C(=C(C1CCCCC1)C1CCCCC1)C1CCC(C2C3CCCCC3C(C3C4CCCCC4C(C4CCC(C5CCCCC5)C5CCCCC54)C4CCCCC43)C3CCCCC32)CC1. The highest BCUT2D eigenvalue weighted by Gasteiger charge is 2.62. The molecule has 0 spiro atoms. The minimum absolute atomic E-state index is 0.920. The van der Waals surface area contributed by atoms with Crippen LogP contribution in [0.3, 0.4) is 0 Å². The summed E-state index contributed by atoms with van der Waals surface area (Å²) in [6.07, 6.45) is 68.2. The van der Waals surface area contributed by atoms with Gasteiger partial charge < -0.3 is 0 Å². The lowest BCUT2D eigenvalue weighted by atomic mass is 9.38. The molecule has 0 nitrogen and oxygen atoms in total. The molecule has 0 aromatic heterocycles. The lowest BCUT2D eigenvalue weighted by molar-refractivity contribution is -0.181. The van der Waals surface area contributed by atoms with Crippen LogP contribution in [0.15, 0.2) is 11.6 Å². The van der Waals surface area contributed by atoms with Gasteiger partial charge in [-0.3, -0.25) is 0 Å². The Bertz CT molecular complexity index is 1420. The average Bonchev–Trinajstić information content (AvgIpc) is 3.37. The van der Waals surface area contributed by atoms with Gasteiger partial charge >= 0.3 is 0 Å². The van der Waals surface area contributed by atoms with Crippen molar-refractivity contribution in [2.45, 2.75) is 263 Å². The van der Waals surface area contributed by atoms with E-state index in [1.54, 1.807) is 199 Å². The summed E-state index contributed by atoms with van der Waals surface area (Å²) in [5.41, 5.74) is 2.03. The minimum atomic E-state index is 0.920. The van der Waals surface area contributed by atoms with E-state index in [4.69, 9.17) is 0 Å². The van der Waals surface area contributed by atoms with Gasteiger partial charge in [0, 0.05) is 0 Å². The van der Waals surface area contributed by atoms with Crippen molar-refractivity contribution in [3.63, 3.8) is 0 Å². The van der Waals surface area contributed by atoms with Crippen LogP contribution in [0.25, 0.3) is 0 Å². The number of hydrogen-bond acceptors (Lipinski definition) is 0. The molecular formula is C64H104. The lowest BCUT2D eigenvalue weighted by Gasteiger charge is -2.66. The first-order valence-electron chi connectivity index (χ1n) is 31.5. The molecule has 12 atom stereocenters. The molecule has 12 unspecified atom stereocenters. The quantitative estimate of drug-likeness (QED) is 0.224. The molecule has 12 rings (SSSR count). The highest BCUT2D eigenvalue weighted by atomic mass is 14.7. The Morgan fingerprint density at radius 2 is 0.516 bits per heavy atom. The van der Waals surface area contributed by atoms with Crippen molar-refractivity contribution >= 4 is 0 Å². The monoisotopic (exact) mass is 873 g/mol. The number of hydrogen-bond donors (Lipinski definition) is 0. The molecule has 0 heteroatoms. The molecule has 0 amide bonds. The molecule has 0 aromatic rings. The third-order valence-corrected chi connectivity index (χ3v) is 25.4. The van der Waals surface area contributed by atoms with Crippen molar-refractivity contribution in [3.8, 4) is 0 Å². The van der Waals surface area contributed by atoms with Crippen molar-refractivity contribution in [2.75, 3.05) is 0 Å². The van der Waals surface area contributed by atoms with E-state index in [1.165, 1.54) is 64.2 Å². The molecule has 12 saturated carbocycles. The Morgan fingerprint density at radius 3 is 0.953 bits per heavy atom. The Kier molecular flexibility index (Phi) is 14.5. The molecule has 0 bridgehead atoms. The first kappa shape index (κ1) is 44.9. The van der Waals surface area contributed by atoms with Gasteiger partial charge in [-0.25, -0.2) is 0 Å². The van der Waals surface area contributed by atoms with Crippen LogP contribution in [-0.2, 0) is 0 Å². The summed E-state index contributed by atoms with van der Waals surface area (Å²) in [7, 11) is 0. The van der Waals surface area contributed by atoms with Crippen molar-refractivity contribution in [1.29, 1.82) is 0 Å². The third kappa shape index (κ3) is 8.71. The summed E-state index contributed by atoms with van der Waals surface area (Å²) in [6, 6.07) is 0. The Balaban J connectivity index is 0.814. The second kappa shape index (κ2) is 20.6. The van der Waals surface area contributed by atoms with Gasteiger partial charge in [-0.2, -0.15) is 0 Å². The average molecular weight is 874 g/mol. The van der Waals surface area contributed by atoms with Crippen molar-refractivity contribution in [2.24, 2.45) is 124 Å². The van der Waals surface area contributed by atoms with Gasteiger partial charge in [-0.05, 0) is 253 Å². The van der Waals surface area contributed by atoms with Crippen molar-refractivity contribution < 1.29 is 0 Å². The van der Waals surface area contributed by atoms with E-state index in [2.05, 4.69) is 6.08 Å². The van der Waals surface area contributed by atoms with Crippen LogP contribution in [0.5, 0.6) is 0 Å². The largest absolute Gasteiger partial charge is 0.0817 e. The summed E-state index contributed by atoms with van der Waals surface area (Å²) in [4.78, 5) is 0. The van der Waals surface area contributed by atoms with Gasteiger partial charge in [0.15, 0.2) is 0 Å². The Hall–Kier alpha value is -0.260. The first-order valence-corrected chi connectivity index (χ1v) is 31.5. The highest BCUT2D eigenvalue weighted by Crippen LogP contribution is 2.69. The van der Waals surface area contributed by atoms with Crippen LogP contribution in [0.2, 0.25) is 0 Å². The molecule has 0 N–H and O–H groups in total. The zero-order chi connectivity index (χ0) is 42.4. The molecule has 12 aliphatic carbocycles. The molecule has 64 heavy (non-hydrogen) atoms. The van der Waals surface area contributed by atoms with Crippen LogP contribution < -0.4 is 0 Å². The maximum atomic E-state index is 3.04.